The number of carbonyl (C=O) groups is 1. The first-order valence-electron chi connectivity index (χ1n) is 4.58. The maximum Gasteiger partial charge on any atom is 0.248 e. The van der Waals surface area contributed by atoms with Gasteiger partial charge in [-0.2, -0.15) is 0 Å². The molecule has 2 N–H and O–H groups in total. The fourth-order valence-electron chi connectivity index (χ4n) is 1.72. The van der Waals surface area contributed by atoms with Gasteiger partial charge in [-0.05, 0) is 41.5 Å². The molecule has 2 aromatic rings. The Kier molecular flexibility index (Phi) is 2.37. The van der Waals surface area contributed by atoms with E-state index in [9.17, 15) is 4.79 Å². The molecule has 1 amide bonds. The molecule has 0 aliphatic rings. The van der Waals surface area contributed by atoms with E-state index in [0.29, 0.717) is 10.6 Å². The van der Waals surface area contributed by atoms with Crippen molar-refractivity contribution in [1.29, 1.82) is 0 Å². The van der Waals surface area contributed by atoms with Gasteiger partial charge in [0.05, 0.1) is 0 Å². The smallest absolute Gasteiger partial charge is 0.248 e. The van der Waals surface area contributed by atoms with Gasteiger partial charge in [0.15, 0.2) is 0 Å². The van der Waals surface area contributed by atoms with Crippen LogP contribution in [-0.4, -0.2) is 5.91 Å². The lowest BCUT2D eigenvalue weighted by molar-refractivity contribution is 0.1000. The molecule has 3 heteroatoms. The quantitative estimate of drug-likeness (QED) is 0.788. The van der Waals surface area contributed by atoms with Crippen LogP contribution in [0.5, 0.6) is 0 Å². The van der Waals surface area contributed by atoms with E-state index in [-0.39, 0.29) is 0 Å². The van der Waals surface area contributed by atoms with Gasteiger partial charge in [-0.25, -0.2) is 0 Å². The van der Waals surface area contributed by atoms with Gasteiger partial charge in [-0.15, -0.1) is 0 Å². The molecule has 0 saturated heterocycles. The minimum absolute atomic E-state index is 0.399. The van der Waals surface area contributed by atoms with Gasteiger partial charge in [0.2, 0.25) is 5.91 Å². The number of fused-ring (bicyclic) bond motifs is 1. The molecular weight excluding hydrogens is 210 g/mol. The second-order valence-electron chi connectivity index (χ2n) is 3.47. The third-order valence-corrected chi connectivity index (χ3v) is 2.75. The molecule has 0 aromatic heterocycles. The molecule has 2 aromatic carbocycles. The Labute approximate surface area is 92.6 Å². The zero-order valence-corrected chi connectivity index (χ0v) is 9.01. The Morgan fingerprint density at radius 2 is 2.00 bits per heavy atom. The van der Waals surface area contributed by atoms with Crippen molar-refractivity contribution in [3.63, 3.8) is 0 Å². The van der Waals surface area contributed by atoms with Gasteiger partial charge in [0.1, 0.15) is 0 Å². The molecule has 2 nitrogen and oxygen atoms in total. The highest BCUT2D eigenvalue weighted by Crippen LogP contribution is 2.24. The lowest BCUT2D eigenvalue weighted by Crippen LogP contribution is -2.12. The molecule has 0 aliphatic carbocycles. The Morgan fingerprint density at radius 3 is 2.67 bits per heavy atom. The Balaban J connectivity index is 2.80. The molecule has 2 rings (SSSR count). The normalized spacial score (nSPS) is 10.5. The van der Waals surface area contributed by atoms with Crippen molar-refractivity contribution in [2.45, 2.75) is 6.92 Å². The van der Waals surface area contributed by atoms with Crippen LogP contribution in [0, 0.1) is 6.92 Å². The lowest BCUT2D eigenvalue weighted by Gasteiger charge is -2.06. The van der Waals surface area contributed by atoms with E-state index in [1.165, 1.54) is 0 Å². The second kappa shape index (κ2) is 3.55. The highest BCUT2D eigenvalue weighted by molar-refractivity contribution is 6.31. The molecular formula is C12H10ClNO. The predicted molar refractivity (Wildman–Crippen MR) is 62.2 cm³/mol. The summed E-state index contributed by atoms with van der Waals surface area (Å²) in [6.45, 7) is 1.89. The zero-order valence-electron chi connectivity index (χ0n) is 8.25. The first kappa shape index (κ1) is 9.99. The van der Waals surface area contributed by atoms with Crippen LogP contribution in [0.2, 0.25) is 5.02 Å². The van der Waals surface area contributed by atoms with Crippen LogP contribution in [0.3, 0.4) is 0 Å². The van der Waals surface area contributed by atoms with E-state index in [2.05, 4.69) is 0 Å². The van der Waals surface area contributed by atoms with Gasteiger partial charge in [0, 0.05) is 10.6 Å². The van der Waals surface area contributed by atoms with Crippen molar-refractivity contribution in [3.05, 3.63) is 46.5 Å². The summed E-state index contributed by atoms with van der Waals surface area (Å²) in [7, 11) is 0. The number of hydrogen-bond donors (Lipinski definition) is 1. The summed E-state index contributed by atoms with van der Waals surface area (Å²) in [5.74, 6) is -0.399. The molecule has 0 spiro atoms. The van der Waals surface area contributed by atoms with Crippen LogP contribution in [0.25, 0.3) is 10.8 Å². The summed E-state index contributed by atoms with van der Waals surface area (Å²) < 4.78 is 0. The molecule has 0 atom stereocenters. The number of nitrogens with two attached hydrogens (primary N) is 1. The van der Waals surface area contributed by atoms with Crippen molar-refractivity contribution in [1.82, 2.24) is 0 Å². The van der Waals surface area contributed by atoms with Gasteiger partial charge in [-0.3, -0.25) is 4.79 Å². The SMILES string of the molecule is Cc1c(C(N)=O)ccc2cc(Cl)ccc12. The summed E-state index contributed by atoms with van der Waals surface area (Å²) >= 11 is 5.88. The zero-order chi connectivity index (χ0) is 11.0. The highest BCUT2D eigenvalue weighted by atomic mass is 35.5. The van der Waals surface area contributed by atoms with Gasteiger partial charge < -0.3 is 5.73 Å². The summed E-state index contributed by atoms with van der Waals surface area (Å²) in [6, 6.07) is 9.17. The Morgan fingerprint density at radius 1 is 1.27 bits per heavy atom. The second-order valence-corrected chi connectivity index (χ2v) is 3.90. The predicted octanol–water partition coefficient (Wildman–Crippen LogP) is 2.90. The monoisotopic (exact) mass is 219 g/mol. The van der Waals surface area contributed by atoms with E-state index in [0.717, 1.165) is 16.3 Å². The highest BCUT2D eigenvalue weighted by Gasteiger charge is 2.07. The van der Waals surface area contributed by atoms with E-state index in [1.807, 2.05) is 31.2 Å². The number of halogens is 1. The van der Waals surface area contributed by atoms with Crippen molar-refractivity contribution < 1.29 is 4.79 Å². The number of carbonyl (C=O) groups excluding carboxylic acids is 1. The number of amides is 1. The lowest BCUT2D eigenvalue weighted by atomic mass is 10.00. The number of aryl methyl sites for hydroxylation is 1. The molecule has 0 fully saturated rings. The Hall–Kier alpha value is -1.54. The maximum atomic E-state index is 11.1. The van der Waals surface area contributed by atoms with Crippen LogP contribution >= 0.6 is 11.6 Å². The third kappa shape index (κ3) is 1.68. The molecule has 76 valence electrons. The summed E-state index contributed by atoms with van der Waals surface area (Å²) in [5, 5.41) is 2.72. The molecule has 0 radical (unpaired) electrons. The molecule has 15 heavy (non-hydrogen) atoms. The van der Waals surface area contributed by atoms with Crippen molar-refractivity contribution in [2.24, 2.45) is 5.73 Å². The van der Waals surface area contributed by atoms with E-state index in [1.54, 1.807) is 6.07 Å². The fraction of sp³-hybridized carbons (Fsp3) is 0.0833. The van der Waals surface area contributed by atoms with Crippen LogP contribution in [-0.2, 0) is 0 Å². The van der Waals surface area contributed by atoms with Gasteiger partial charge in [-0.1, -0.05) is 23.7 Å². The minimum atomic E-state index is -0.399. The summed E-state index contributed by atoms with van der Waals surface area (Å²) in [6.07, 6.45) is 0. The van der Waals surface area contributed by atoms with E-state index < -0.39 is 5.91 Å². The van der Waals surface area contributed by atoms with Crippen LogP contribution < -0.4 is 5.73 Å². The Bertz CT molecular complexity index is 549. The maximum absolute atomic E-state index is 11.1. The number of primary amides is 1. The minimum Gasteiger partial charge on any atom is -0.366 e. The van der Waals surface area contributed by atoms with Crippen LogP contribution in [0.1, 0.15) is 15.9 Å². The number of hydrogen-bond acceptors (Lipinski definition) is 1. The number of rotatable bonds is 1. The van der Waals surface area contributed by atoms with Crippen LogP contribution in [0.15, 0.2) is 30.3 Å². The number of benzene rings is 2. The largest absolute Gasteiger partial charge is 0.366 e. The molecule has 0 bridgehead atoms. The fourth-order valence-corrected chi connectivity index (χ4v) is 1.90. The third-order valence-electron chi connectivity index (χ3n) is 2.52. The van der Waals surface area contributed by atoms with Crippen LogP contribution in [0.4, 0.5) is 0 Å². The van der Waals surface area contributed by atoms with Crippen molar-refractivity contribution in [3.8, 4) is 0 Å². The average Bonchev–Trinajstić information content (AvgIpc) is 2.17. The van der Waals surface area contributed by atoms with E-state index in [4.69, 9.17) is 17.3 Å². The average molecular weight is 220 g/mol. The first-order chi connectivity index (χ1) is 7.09. The van der Waals surface area contributed by atoms with Crippen molar-refractivity contribution in [2.75, 3.05) is 0 Å². The molecule has 0 unspecified atom stereocenters. The summed E-state index contributed by atoms with van der Waals surface area (Å²) in [5.41, 5.74) is 6.73. The standard InChI is InChI=1S/C12H10ClNO/c1-7-10-5-3-9(13)6-8(10)2-4-11(7)12(14)15/h2-6H,1H3,(H2,14,15). The van der Waals surface area contributed by atoms with Gasteiger partial charge >= 0.3 is 0 Å². The first-order valence-corrected chi connectivity index (χ1v) is 4.96. The van der Waals surface area contributed by atoms with E-state index >= 15 is 0 Å². The molecule has 0 heterocycles. The summed E-state index contributed by atoms with van der Waals surface area (Å²) in [4.78, 5) is 11.1. The van der Waals surface area contributed by atoms with Gasteiger partial charge in [0.25, 0.3) is 0 Å². The van der Waals surface area contributed by atoms with Crippen molar-refractivity contribution >= 4 is 28.3 Å². The topological polar surface area (TPSA) is 43.1 Å². The molecule has 0 saturated carbocycles. The molecule has 0 aliphatic heterocycles.